The molecule has 1 aliphatic rings. The van der Waals surface area contributed by atoms with Gasteiger partial charge in [-0.25, -0.2) is 13.4 Å². The Kier molecular flexibility index (Phi) is 8.12. The Hall–Kier alpha value is -2.05. The monoisotopic (exact) mass is 601 g/mol. The van der Waals surface area contributed by atoms with E-state index in [-0.39, 0.29) is 9.92 Å². The van der Waals surface area contributed by atoms with Crippen molar-refractivity contribution in [2.24, 2.45) is 0 Å². The summed E-state index contributed by atoms with van der Waals surface area (Å²) in [7, 11) is 1.09. The molecule has 0 N–H and O–H groups in total. The molecule has 0 unspecified atom stereocenters. The predicted molar refractivity (Wildman–Crippen MR) is 141 cm³/mol. The number of hydrogen-bond acceptors (Lipinski definition) is 8. The molecule has 0 bridgehead atoms. The van der Waals surface area contributed by atoms with Gasteiger partial charge in [0.2, 0.25) is 15.8 Å². The molecule has 1 fully saturated rings. The van der Waals surface area contributed by atoms with Crippen LogP contribution in [0.15, 0.2) is 45.1 Å². The zero-order valence-corrected chi connectivity index (χ0v) is 23.4. The second-order valence-corrected chi connectivity index (χ2v) is 11.9. The summed E-state index contributed by atoms with van der Waals surface area (Å²) in [6.45, 7) is 1.81. The molecule has 0 aliphatic carbocycles. The Balaban J connectivity index is 1.44. The molecule has 12 heteroatoms. The fraction of sp³-hybridized carbons (Fsp3) is 0.348. The van der Waals surface area contributed by atoms with Crippen molar-refractivity contribution >= 4 is 54.0 Å². The van der Waals surface area contributed by atoms with Crippen LogP contribution in [-0.4, -0.2) is 65.2 Å². The summed E-state index contributed by atoms with van der Waals surface area (Å²) in [6, 6.07) is 8.63. The van der Waals surface area contributed by atoms with Crippen LogP contribution in [-0.2, 0) is 16.4 Å². The third-order valence-electron chi connectivity index (χ3n) is 5.67. The van der Waals surface area contributed by atoms with Gasteiger partial charge in [-0.3, -0.25) is 0 Å². The molecule has 1 aliphatic heterocycles. The highest BCUT2D eigenvalue weighted by Gasteiger charge is 2.31. The van der Waals surface area contributed by atoms with Crippen LogP contribution in [0, 0.1) is 0 Å². The van der Waals surface area contributed by atoms with Crippen LogP contribution in [0.25, 0.3) is 0 Å². The molecule has 4 rings (SSSR count). The largest absolute Gasteiger partial charge is 0.493 e. The maximum atomic E-state index is 13.1. The van der Waals surface area contributed by atoms with E-state index in [1.165, 1.54) is 10.4 Å². The van der Waals surface area contributed by atoms with Crippen LogP contribution in [0.2, 0.25) is 5.02 Å². The summed E-state index contributed by atoms with van der Waals surface area (Å²) in [5.74, 6) is 1.75. The highest BCUT2D eigenvalue weighted by atomic mass is 79.9. The number of nitrogens with zero attached hydrogens (tertiary/aromatic N) is 3. The molecular formula is C23H25BrClN3O5S2. The average Bonchev–Trinajstić information content (AvgIpc) is 3.31. The van der Waals surface area contributed by atoms with E-state index in [2.05, 4.69) is 20.8 Å². The van der Waals surface area contributed by atoms with Crippen LogP contribution >= 0.6 is 38.9 Å². The third-order valence-corrected chi connectivity index (χ3v) is 9.50. The molecule has 0 atom stereocenters. The van der Waals surface area contributed by atoms with Crippen LogP contribution in [0.4, 0.5) is 5.13 Å². The lowest BCUT2D eigenvalue weighted by molar-refractivity contribution is 0.324. The van der Waals surface area contributed by atoms with Crippen LogP contribution in [0.1, 0.15) is 11.3 Å². The van der Waals surface area contributed by atoms with Gasteiger partial charge < -0.3 is 19.1 Å². The van der Waals surface area contributed by atoms with Crippen LogP contribution < -0.4 is 19.1 Å². The lowest BCUT2D eigenvalue weighted by Crippen LogP contribution is -2.48. The van der Waals surface area contributed by atoms with E-state index >= 15 is 0 Å². The number of halogens is 2. The number of methoxy groups -OCH3 is 3. The summed E-state index contributed by atoms with van der Waals surface area (Å²) in [6.07, 6.45) is 0.601. The van der Waals surface area contributed by atoms with Gasteiger partial charge in [0.25, 0.3) is 0 Å². The Morgan fingerprint density at radius 3 is 2.26 bits per heavy atom. The van der Waals surface area contributed by atoms with E-state index in [0.717, 1.165) is 20.9 Å². The minimum Gasteiger partial charge on any atom is -0.493 e. The van der Waals surface area contributed by atoms with Crippen LogP contribution in [0.5, 0.6) is 17.2 Å². The third kappa shape index (κ3) is 5.54. The fourth-order valence-electron chi connectivity index (χ4n) is 3.91. The van der Waals surface area contributed by atoms with Crippen molar-refractivity contribution in [1.29, 1.82) is 0 Å². The van der Waals surface area contributed by atoms with Crippen molar-refractivity contribution in [3.8, 4) is 17.2 Å². The van der Waals surface area contributed by atoms with E-state index in [1.54, 1.807) is 44.8 Å². The predicted octanol–water partition coefficient (Wildman–Crippen LogP) is 4.69. The number of hydrogen-bond donors (Lipinski definition) is 0. The number of anilines is 1. The molecule has 0 radical (unpaired) electrons. The molecule has 3 aromatic rings. The summed E-state index contributed by atoms with van der Waals surface area (Å²) in [5.41, 5.74) is 1.90. The maximum absolute atomic E-state index is 13.1. The first-order valence-corrected chi connectivity index (χ1v) is 14.2. The number of ether oxygens (including phenoxy) is 3. The first-order chi connectivity index (χ1) is 16.8. The first kappa shape index (κ1) is 26.0. The van der Waals surface area contributed by atoms with Crippen molar-refractivity contribution in [2.45, 2.75) is 11.3 Å². The van der Waals surface area contributed by atoms with Crippen LogP contribution in [0.3, 0.4) is 0 Å². The van der Waals surface area contributed by atoms with E-state index < -0.39 is 10.0 Å². The quantitative estimate of drug-likeness (QED) is 0.370. The highest BCUT2D eigenvalue weighted by molar-refractivity contribution is 9.10. The minimum atomic E-state index is -3.67. The number of aromatic nitrogens is 1. The van der Waals surface area contributed by atoms with Gasteiger partial charge in [-0.15, -0.1) is 11.3 Å². The molecule has 35 heavy (non-hydrogen) atoms. The van der Waals surface area contributed by atoms with Gasteiger partial charge in [-0.1, -0.05) is 27.5 Å². The summed E-state index contributed by atoms with van der Waals surface area (Å²) < 4.78 is 44.7. The second kappa shape index (κ2) is 10.9. The van der Waals surface area contributed by atoms with Gasteiger partial charge in [0.1, 0.15) is 4.90 Å². The van der Waals surface area contributed by atoms with Gasteiger partial charge in [-0.2, -0.15) is 4.31 Å². The van der Waals surface area contributed by atoms with Crippen molar-refractivity contribution in [2.75, 3.05) is 52.4 Å². The maximum Gasteiger partial charge on any atom is 0.244 e. The molecule has 8 nitrogen and oxygen atoms in total. The Morgan fingerprint density at radius 2 is 1.69 bits per heavy atom. The zero-order chi connectivity index (χ0) is 25.2. The second-order valence-electron chi connectivity index (χ2n) is 7.80. The summed E-state index contributed by atoms with van der Waals surface area (Å²) >= 11 is 11.1. The molecule has 0 spiro atoms. The molecular weight excluding hydrogens is 578 g/mol. The number of thiazole rings is 1. The zero-order valence-electron chi connectivity index (χ0n) is 19.5. The molecule has 1 aromatic heterocycles. The molecule has 188 valence electrons. The van der Waals surface area contributed by atoms with E-state index in [1.807, 2.05) is 17.5 Å². The van der Waals surface area contributed by atoms with E-state index in [4.69, 9.17) is 30.8 Å². The van der Waals surface area contributed by atoms with Gasteiger partial charge in [0, 0.05) is 42.5 Å². The molecule has 0 saturated carbocycles. The molecule has 0 amide bonds. The van der Waals surface area contributed by atoms with Crippen molar-refractivity contribution in [3.05, 3.63) is 56.5 Å². The summed E-state index contributed by atoms with van der Waals surface area (Å²) in [4.78, 5) is 7.02. The van der Waals surface area contributed by atoms with Gasteiger partial charge >= 0.3 is 0 Å². The number of benzene rings is 2. The number of piperazine rings is 1. The van der Waals surface area contributed by atoms with Gasteiger partial charge in [0.05, 0.1) is 32.0 Å². The van der Waals surface area contributed by atoms with Crippen molar-refractivity contribution in [1.82, 2.24) is 9.29 Å². The average molecular weight is 603 g/mol. The number of sulfonamides is 1. The standard InChI is InChI=1S/C23H25BrClN3O5S2/c1-31-19-11-15(12-20(32-2)22(19)33-3)10-17-14-34-23(26-17)27-6-8-28(9-7-27)35(29,30)21-5-4-16(24)13-18(21)25/h4-5,11-14H,6-10H2,1-3H3. The van der Waals surface area contributed by atoms with E-state index in [0.29, 0.717) is 49.8 Å². The van der Waals surface area contributed by atoms with E-state index in [9.17, 15) is 8.42 Å². The lowest BCUT2D eigenvalue weighted by Gasteiger charge is -2.34. The Labute approximate surface area is 222 Å². The highest BCUT2D eigenvalue weighted by Crippen LogP contribution is 2.39. The summed E-state index contributed by atoms with van der Waals surface area (Å²) in [5, 5.41) is 3.09. The minimum absolute atomic E-state index is 0.123. The normalized spacial score (nSPS) is 14.7. The van der Waals surface area contributed by atoms with Gasteiger partial charge in [-0.05, 0) is 35.9 Å². The lowest BCUT2D eigenvalue weighted by atomic mass is 10.1. The SMILES string of the molecule is COc1cc(Cc2csc(N3CCN(S(=O)(=O)c4ccc(Br)cc4Cl)CC3)n2)cc(OC)c1OC. The van der Waals surface area contributed by atoms with Crippen molar-refractivity contribution in [3.63, 3.8) is 0 Å². The smallest absolute Gasteiger partial charge is 0.244 e. The fourth-order valence-corrected chi connectivity index (χ4v) is 7.23. The number of rotatable bonds is 8. The Bertz CT molecular complexity index is 1290. The molecule has 2 heterocycles. The van der Waals surface area contributed by atoms with Gasteiger partial charge in [0.15, 0.2) is 16.6 Å². The Morgan fingerprint density at radius 1 is 1.03 bits per heavy atom. The molecule has 2 aromatic carbocycles. The topological polar surface area (TPSA) is 81.2 Å². The first-order valence-electron chi connectivity index (χ1n) is 10.7. The molecule has 1 saturated heterocycles. The van der Waals surface area contributed by atoms with Crippen molar-refractivity contribution < 1.29 is 22.6 Å².